The molecule has 5 nitrogen and oxygen atoms in total. The van der Waals surface area contributed by atoms with Gasteiger partial charge in [-0.2, -0.15) is 4.31 Å². The van der Waals surface area contributed by atoms with E-state index < -0.39 is 22.5 Å². The van der Waals surface area contributed by atoms with Crippen molar-refractivity contribution < 1.29 is 13.2 Å². The Bertz CT molecular complexity index is 545. The van der Waals surface area contributed by atoms with Crippen molar-refractivity contribution in [2.75, 3.05) is 13.6 Å². The third kappa shape index (κ3) is 3.32. The SMILES string of the molecule is CN(CC(N)=O)S(=O)(=O)c1cc(Cl)ccc1Cl. The number of primary amides is 1. The number of benzene rings is 1. The fraction of sp³-hybridized carbons (Fsp3) is 0.222. The second-order valence-electron chi connectivity index (χ2n) is 3.30. The largest absolute Gasteiger partial charge is 0.369 e. The van der Waals surface area contributed by atoms with Gasteiger partial charge in [0.2, 0.25) is 15.9 Å². The molecule has 0 saturated heterocycles. The fourth-order valence-electron chi connectivity index (χ4n) is 1.15. The Morgan fingerprint density at radius 3 is 2.53 bits per heavy atom. The molecule has 0 aliphatic heterocycles. The summed E-state index contributed by atoms with van der Waals surface area (Å²) < 4.78 is 24.8. The predicted octanol–water partition coefficient (Wildman–Crippen LogP) is 1.10. The molecule has 0 aromatic heterocycles. The molecule has 17 heavy (non-hydrogen) atoms. The predicted molar refractivity (Wildman–Crippen MR) is 65.5 cm³/mol. The Labute approximate surface area is 109 Å². The van der Waals surface area contributed by atoms with Gasteiger partial charge >= 0.3 is 0 Å². The number of likely N-dealkylation sites (N-methyl/N-ethyl adjacent to an activating group) is 1. The summed E-state index contributed by atoms with van der Waals surface area (Å²) in [4.78, 5) is 10.5. The summed E-state index contributed by atoms with van der Waals surface area (Å²) in [6.07, 6.45) is 0. The van der Waals surface area contributed by atoms with E-state index in [0.717, 1.165) is 4.31 Å². The van der Waals surface area contributed by atoms with Crippen LogP contribution in [0.3, 0.4) is 0 Å². The fourth-order valence-corrected chi connectivity index (χ4v) is 3.02. The average Bonchev–Trinajstić information content (AvgIpc) is 2.20. The maximum Gasteiger partial charge on any atom is 0.244 e. The summed E-state index contributed by atoms with van der Waals surface area (Å²) >= 11 is 11.5. The van der Waals surface area contributed by atoms with Crippen LogP contribution in [0, 0.1) is 0 Å². The molecule has 0 aliphatic rings. The normalized spacial score (nSPS) is 11.8. The first-order chi connectivity index (χ1) is 7.75. The lowest BCUT2D eigenvalue weighted by atomic mass is 10.4. The van der Waals surface area contributed by atoms with Gasteiger partial charge in [-0.05, 0) is 18.2 Å². The molecule has 0 radical (unpaired) electrons. The number of hydrogen-bond donors (Lipinski definition) is 1. The van der Waals surface area contributed by atoms with Gasteiger partial charge in [0.1, 0.15) is 4.90 Å². The zero-order valence-corrected chi connectivity index (χ0v) is 11.2. The number of hydrogen-bond acceptors (Lipinski definition) is 3. The second-order valence-corrected chi connectivity index (χ2v) is 6.16. The minimum atomic E-state index is -3.87. The van der Waals surface area contributed by atoms with Crippen LogP contribution >= 0.6 is 23.2 Å². The maximum atomic E-state index is 12.0. The Kier molecular flexibility index (Phi) is 4.37. The van der Waals surface area contributed by atoms with E-state index in [-0.39, 0.29) is 14.9 Å². The lowest BCUT2D eigenvalue weighted by molar-refractivity contribution is -0.118. The van der Waals surface area contributed by atoms with E-state index in [0.29, 0.717) is 0 Å². The van der Waals surface area contributed by atoms with E-state index in [1.54, 1.807) is 0 Å². The molecule has 8 heteroatoms. The number of amides is 1. The molecule has 94 valence electrons. The molecule has 0 atom stereocenters. The van der Waals surface area contributed by atoms with Crippen LogP contribution in [0.4, 0.5) is 0 Å². The van der Waals surface area contributed by atoms with Crippen molar-refractivity contribution in [3.8, 4) is 0 Å². The van der Waals surface area contributed by atoms with Gasteiger partial charge < -0.3 is 5.73 Å². The van der Waals surface area contributed by atoms with E-state index in [2.05, 4.69) is 0 Å². The van der Waals surface area contributed by atoms with E-state index in [1.807, 2.05) is 0 Å². The Hall–Kier alpha value is -0.820. The van der Waals surface area contributed by atoms with Gasteiger partial charge in [0.15, 0.2) is 0 Å². The minimum absolute atomic E-state index is 0.0331. The number of nitrogens with two attached hydrogens (primary N) is 1. The van der Waals surface area contributed by atoms with Crippen LogP contribution in [-0.4, -0.2) is 32.2 Å². The number of rotatable bonds is 4. The summed E-state index contributed by atoms with van der Waals surface area (Å²) in [6, 6.07) is 4.06. The highest BCUT2D eigenvalue weighted by Crippen LogP contribution is 2.26. The number of halogens is 2. The molecular formula is C9H10Cl2N2O3S. The second kappa shape index (κ2) is 5.22. The van der Waals surface area contributed by atoms with Gasteiger partial charge in [-0.3, -0.25) is 4.79 Å². The van der Waals surface area contributed by atoms with Gasteiger partial charge in [0.25, 0.3) is 0 Å². The van der Waals surface area contributed by atoms with Gasteiger partial charge in [-0.1, -0.05) is 23.2 Å². The monoisotopic (exact) mass is 296 g/mol. The van der Waals surface area contributed by atoms with Gasteiger partial charge in [-0.15, -0.1) is 0 Å². The van der Waals surface area contributed by atoms with Crippen molar-refractivity contribution in [3.63, 3.8) is 0 Å². The molecule has 2 N–H and O–H groups in total. The van der Waals surface area contributed by atoms with Crippen LogP contribution in [0.2, 0.25) is 10.0 Å². The molecular weight excluding hydrogens is 287 g/mol. The average molecular weight is 297 g/mol. The smallest absolute Gasteiger partial charge is 0.244 e. The molecule has 0 heterocycles. The highest BCUT2D eigenvalue weighted by atomic mass is 35.5. The molecule has 1 amide bonds. The summed E-state index contributed by atoms with van der Waals surface area (Å²) in [5.41, 5.74) is 4.93. The Morgan fingerprint density at radius 2 is 2.00 bits per heavy atom. The summed E-state index contributed by atoms with van der Waals surface area (Å²) in [5.74, 6) is -0.755. The van der Waals surface area contributed by atoms with Crippen LogP contribution in [0.5, 0.6) is 0 Å². The number of carbonyl (C=O) groups is 1. The van der Waals surface area contributed by atoms with Gasteiger partial charge in [0, 0.05) is 12.1 Å². The zero-order chi connectivity index (χ0) is 13.2. The summed E-state index contributed by atoms with van der Waals surface area (Å²) in [7, 11) is -2.64. The van der Waals surface area contributed by atoms with Crippen LogP contribution < -0.4 is 5.73 Å². The van der Waals surface area contributed by atoms with E-state index in [1.165, 1.54) is 25.2 Å². The Morgan fingerprint density at radius 1 is 1.41 bits per heavy atom. The van der Waals surface area contributed by atoms with Crippen molar-refractivity contribution in [1.82, 2.24) is 4.31 Å². The highest BCUT2D eigenvalue weighted by Gasteiger charge is 2.24. The van der Waals surface area contributed by atoms with Crippen molar-refractivity contribution in [2.45, 2.75) is 4.90 Å². The summed E-state index contributed by atoms with van der Waals surface area (Å²) in [6.45, 7) is -0.425. The molecule has 0 aliphatic carbocycles. The number of sulfonamides is 1. The molecule has 1 rings (SSSR count). The number of carbonyl (C=O) groups excluding carboxylic acids is 1. The number of nitrogens with zero attached hydrogens (tertiary/aromatic N) is 1. The Balaban J connectivity index is 3.21. The topological polar surface area (TPSA) is 80.5 Å². The van der Waals surface area contributed by atoms with Crippen molar-refractivity contribution in [2.24, 2.45) is 5.73 Å². The molecule has 0 unspecified atom stereocenters. The molecule has 0 spiro atoms. The summed E-state index contributed by atoms with van der Waals surface area (Å²) in [5, 5.41) is 0.270. The first kappa shape index (κ1) is 14.2. The molecule has 1 aromatic carbocycles. The van der Waals surface area contributed by atoms with Crippen LogP contribution in [-0.2, 0) is 14.8 Å². The third-order valence-corrected chi connectivity index (χ3v) is 4.48. The standard InChI is InChI=1S/C9H10Cl2N2O3S/c1-13(5-9(12)14)17(15,16)8-4-6(10)2-3-7(8)11/h2-4H,5H2,1H3,(H2,12,14). The highest BCUT2D eigenvalue weighted by molar-refractivity contribution is 7.89. The first-order valence-corrected chi connectivity index (χ1v) is 6.64. The minimum Gasteiger partial charge on any atom is -0.369 e. The lowest BCUT2D eigenvalue weighted by Crippen LogP contribution is -2.35. The third-order valence-electron chi connectivity index (χ3n) is 1.96. The van der Waals surface area contributed by atoms with Crippen molar-refractivity contribution in [3.05, 3.63) is 28.2 Å². The van der Waals surface area contributed by atoms with E-state index in [4.69, 9.17) is 28.9 Å². The molecule has 0 fully saturated rings. The lowest BCUT2D eigenvalue weighted by Gasteiger charge is -2.16. The molecule has 0 bridgehead atoms. The van der Waals surface area contributed by atoms with Crippen LogP contribution in [0.25, 0.3) is 0 Å². The zero-order valence-electron chi connectivity index (χ0n) is 8.85. The van der Waals surface area contributed by atoms with Crippen LogP contribution in [0.15, 0.2) is 23.1 Å². The van der Waals surface area contributed by atoms with E-state index in [9.17, 15) is 13.2 Å². The van der Waals surface area contributed by atoms with E-state index >= 15 is 0 Å². The molecule has 0 saturated carbocycles. The quantitative estimate of drug-likeness (QED) is 0.903. The van der Waals surface area contributed by atoms with Crippen molar-refractivity contribution >= 4 is 39.1 Å². The van der Waals surface area contributed by atoms with Gasteiger partial charge in [0.05, 0.1) is 11.6 Å². The first-order valence-electron chi connectivity index (χ1n) is 4.45. The van der Waals surface area contributed by atoms with Crippen molar-refractivity contribution in [1.29, 1.82) is 0 Å². The molecule has 1 aromatic rings. The van der Waals surface area contributed by atoms with Gasteiger partial charge in [-0.25, -0.2) is 8.42 Å². The van der Waals surface area contributed by atoms with Crippen LogP contribution in [0.1, 0.15) is 0 Å². The maximum absolute atomic E-state index is 12.0.